The third-order valence-corrected chi connectivity index (χ3v) is 3.32. The van der Waals surface area contributed by atoms with Crippen molar-refractivity contribution in [3.05, 3.63) is 18.0 Å². The van der Waals surface area contributed by atoms with Crippen LogP contribution in [0.2, 0.25) is 0 Å². The highest BCUT2D eigenvalue weighted by atomic mass is 16.4. The number of aliphatic carboxylic acids is 1. The molecule has 0 aliphatic heterocycles. The van der Waals surface area contributed by atoms with E-state index in [1.165, 1.54) is 0 Å². The van der Waals surface area contributed by atoms with Crippen LogP contribution < -0.4 is 5.73 Å². The summed E-state index contributed by atoms with van der Waals surface area (Å²) in [4.78, 5) is 10.7. The van der Waals surface area contributed by atoms with Gasteiger partial charge in [-0.2, -0.15) is 5.10 Å². The second-order valence-corrected chi connectivity index (χ2v) is 4.33. The van der Waals surface area contributed by atoms with Crippen molar-refractivity contribution in [2.75, 3.05) is 6.54 Å². The Balaban J connectivity index is 2.19. The number of hydrogen-bond donors (Lipinski definition) is 2. The largest absolute Gasteiger partial charge is 0.481 e. The molecule has 1 saturated carbocycles. The number of carbonyl (C=O) groups is 1. The fraction of sp³-hybridized carbons (Fsp3) is 0.636. The normalized spacial score (nSPS) is 24.8. The Kier molecular flexibility index (Phi) is 3.24. The second-order valence-electron chi connectivity index (χ2n) is 4.33. The monoisotopic (exact) mass is 223 g/mol. The van der Waals surface area contributed by atoms with Crippen LogP contribution in [0.1, 0.15) is 31.0 Å². The van der Waals surface area contributed by atoms with Crippen LogP contribution in [0.4, 0.5) is 0 Å². The van der Waals surface area contributed by atoms with Crippen molar-refractivity contribution < 1.29 is 9.90 Å². The van der Waals surface area contributed by atoms with Crippen LogP contribution in [0.5, 0.6) is 0 Å². The average Bonchev–Trinajstić information content (AvgIpc) is 2.83. The average molecular weight is 223 g/mol. The van der Waals surface area contributed by atoms with Gasteiger partial charge in [0.1, 0.15) is 0 Å². The number of aromatic nitrogens is 2. The molecular formula is C11H17N3O2. The van der Waals surface area contributed by atoms with Crippen molar-refractivity contribution in [2.24, 2.45) is 11.7 Å². The van der Waals surface area contributed by atoms with Crippen molar-refractivity contribution in [2.45, 2.75) is 31.7 Å². The molecular weight excluding hydrogens is 206 g/mol. The number of nitrogens with zero attached hydrogens (tertiary/aromatic N) is 2. The lowest BCUT2D eigenvalue weighted by Crippen LogP contribution is -2.24. The first-order valence-corrected chi connectivity index (χ1v) is 5.66. The molecule has 1 aromatic rings. The van der Waals surface area contributed by atoms with E-state index in [-0.39, 0.29) is 12.5 Å². The Morgan fingerprint density at radius 3 is 3.12 bits per heavy atom. The molecule has 88 valence electrons. The van der Waals surface area contributed by atoms with E-state index in [1.54, 1.807) is 12.3 Å². The molecule has 1 aliphatic carbocycles. The van der Waals surface area contributed by atoms with E-state index in [4.69, 9.17) is 10.8 Å². The van der Waals surface area contributed by atoms with E-state index in [0.29, 0.717) is 12.5 Å². The molecule has 2 rings (SSSR count). The predicted octanol–water partition coefficient (Wildman–Crippen LogP) is 0.810. The van der Waals surface area contributed by atoms with Gasteiger partial charge < -0.3 is 10.8 Å². The maximum Gasteiger partial charge on any atom is 0.309 e. The number of nitrogens with two attached hydrogens (primary N) is 1. The summed E-state index contributed by atoms with van der Waals surface area (Å²) in [5.41, 5.74) is 6.50. The summed E-state index contributed by atoms with van der Waals surface area (Å²) in [6, 6.07) is 2.06. The third kappa shape index (κ3) is 2.09. The van der Waals surface area contributed by atoms with E-state index in [0.717, 1.165) is 25.0 Å². The zero-order valence-electron chi connectivity index (χ0n) is 9.17. The first-order valence-electron chi connectivity index (χ1n) is 5.66. The molecule has 16 heavy (non-hydrogen) atoms. The lowest BCUT2D eigenvalue weighted by molar-refractivity contribution is -0.136. The van der Waals surface area contributed by atoms with Crippen LogP contribution in [-0.4, -0.2) is 27.4 Å². The summed E-state index contributed by atoms with van der Waals surface area (Å²) < 4.78 is 1.86. The maximum absolute atomic E-state index is 10.7. The molecule has 1 aliphatic rings. The van der Waals surface area contributed by atoms with Gasteiger partial charge in [-0.1, -0.05) is 6.42 Å². The highest BCUT2D eigenvalue weighted by Gasteiger charge is 2.29. The Hall–Kier alpha value is -1.36. The molecule has 2 atom stereocenters. The van der Waals surface area contributed by atoms with E-state index in [1.807, 2.05) is 4.68 Å². The second kappa shape index (κ2) is 4.65. The topological polar surface area (TPSA) is 81.1 Å². The van der Waals surface area contributed by atoms with Gasteiger partial charge in [-0.25, -0.2) is 0 Å². The first-order chi connectivity index (χ1) is 7.72. The smallest absolute Gasteiger partial charge is 0.309 e. The van der Waals surface area contributed by atoms with E-state index in [2.05, 4.69) is 5.10 Å². The number of carboxylic acid groups (broad SMARTS) is 1. The molecule has 5 heteroatoms. The lowest BCUT2D eigenvalue weighted by Gasteiger charge is -2.20. The molecule has 1 heterocycles. The quantitative estimate of drug-likeness (QED) is 0.791. The summed E-state index contributed by atoms with van der Waals surface area (Å²) in [5.74, 6) is -0.378. The fourth-order valence-corrected chi connectivity index (χ4v) is 2.55. The Bertz CT molecular complexity index is 375. The molecule has 1 fully saturated rings. The molecule has 0 aromatic carbocycles. The molecule has 1 aromatic heterocycles. The van der Waals surface area contributed by atoms with Crippen LogP contribution in [-0.2, 0) is 11.2 Å². The number of hydrogen-bond acceptors (Lipinski definition) is 3. The predicted molar refractivity (Wildman–Crippen MR) is 59.0 cm³/mol. The number of rotatable bonds is 4. The highest BCUT2D eigenvalue weighted by molar-refractivity contribution is 5.69. The zero-order valence-corrected chi connectivity index (χ0v) is 9.17. The van der Waals surface area contributed by atoms with Crippen LogP contribution >= 0.6 is 0 Å². The van der Waals surface area contributed by atoms with Crippen molar-refractivity contribution in [1.82, 2.24) is 9.78 Å². The zero-order chi connectivity index (χ0) is 11.5. The summed E-state index contributed by atoms with van der Waals surface area (Å²) in [6.45, 7) is 0.650. The summed E-state index contributed by atoms with van der Waals surface area (Å²) in [7, 11) is 0. The molecule has 3 N–H and O–H groups in total. The van der Waals surface area contributed by atoms with Gasteiger partial charge in [0, 0.05) is 11.9 Å². The summed E-state index contributed by atoms with van der Waals surface area (Å²) in [6.07, 6.45) is 5.03. The Morgan fingerprint density at radius 1 is 1.62 bits per heavy atom. The van der Waals surface area contributed by atoms with Crippen molar-refractivity contribution >= 4 is 5.97 Å². The Morgan fingerprint density at radius 2 is 2.44 bits per heavy atom. The van der Waals surface area contributed by atoms with Gasteiger partial charge >= 0.3 is 5.97 Å². The minimum absolute atomic E-state index is 0.0355. The highest BCUT2D eigenvalue weighted by Crippen LogP contribution is 2.35. The lowest BCUT2D eigenvalue weighted by atomic mass is 10.0. The Labute approximate surface area is 94.2 Å². The van der Waals surface area contributed by atoms with Gasteiger partial charge in [0.15, 0.2) is 0 Å². The van der Waals surface area contributed by atoms with Crippen molar-refractivity contribution in [1.29, 1.82) is 0 Å². The molecule has 5 nitrogen and oxygen atoms in total. The number of carboxylic acids is 1. The minimum Gasteiger partial charge on any atom is -0.481 e. The summed E-state index contributed by atoms with van der Waals surface area (Å²) in [5, 5.41) is 13.1. The van der Waals surface area contributed by atoms with Crippen LogP contribution in [0, 0.1) is 5.92 Å². The third-order valence-electron chi connectivity index (χ3n) is 3.32. The molecule has 0 saturated heterocycles. The van der Waals surface area contributed by atoms with E-state index < -0.39 is 5.97 Å². The maximum atomic E-state index is 10.7. The molecule has 0 radical (unpaired) electrons. The standard InChI is InChI=1S/C11H17N3O2/c12-7-8-2-1-3-10(8)14-9(4-5-13-14)6-11(15)16/h4-5,8,10H,1-3,6-7,12H2,(H,15,16). The van der Waals surface area contributed by atoms with Crippen LogP contribution in [0.3, 0.4) is 0 Å². The first kappa shape index (κ1) is 11.1. The van der Waals surface area contributed by atoms with Gasteiger partial charge in [0.2, 0.25) is 0 Å². The molecule has 0 bridgehead atoms. The van der Waals surface area contributed by atoms with Gasteiger partial charge in [-0.3, -0.25) is 9.48 Å². The molecule has 0 amide bonds. The molecule has 2 unspecified atom stereocenters. The van der Waals surface area contributed by atoms with Gasteiger partial charge in [-0.05, 0) is 31.4 Å². The minimum atomic E-state index is -0.816. The van der Waals surface area contributed by atoms with E-state index >= 15 is 0 Å². The van der Waals surface area contributed by atoms with Crippen molar-refractivity contribution in [3.63, 3.8) is 0 Å². The SMILES string of the molecule is NCC1CCCC1n1nccc1CC(=O)O. The van der Waals surface area contributed by atoms with Gasteiger partial charge in [0.25, 0.3) is 0 Å². The summed E-state index contributed by atoms with van der Waals surface area (Å²) >= 11 is 0. The van der Waals surface area contributed by atoms with Crippen LogP contribution in [0.15, 0.2) is 12.3 Å². The molecule has 0 spiro atoms. The fourth-order valence-electron chi connectivity index (χ4n) is 2.55. The van der Waals surface area contributed by atoms with Gasteiger partial charge in [0.05, 0.1) is 12.5 Å². The van der Waals surface area contributed by atoms with Crippen LogP contribution in [0.25, 0.3) is 0 Å². The van der Waals surface area contributed by atoms with E-state index in [9.17, 15) is 4.79 Å². The van der Waals surface area contributed by atoms with Gasteiger partial charge in [-0.15, -0.1) is 0 Å². The van der Waals surface area contributed by atoms with Crippen molar-refractivity contribution in [3.8, 4) is 0 Å².